The molecule has 0 spiro atoms. The van der Waals surface area contributed by atoms with Gasteiger partial charge in [0.15, 0.2) is 0 Å². The van der Waals surface area contributed by atoms with E-state index >= 15 is 0 Å². The molecular formula is C20H18N2O4. The predicted molar refractivity (Wildman–Crippen MR) is 97.9 cm³/mol. The number of furan rings is 1. The van der Waals surface area contributed by atoms with Crippen molar-refractivity contribution in [3.8, 4) is 11.1 Å². The van der Waals surface area contributed by atoms with Gasteiger partial charge in [0.05, 0.1) is 24.1 Å². The first kappa shape index (κ1) is 17.4. The molecule has 26 heavy (non-hydrogen) atoms. The lowest BCUT2D eigenvalue weighted by Gasteiger charge is -2.13. The Morgan fingerprint density at radius 2 is 1.69 bits per heavy atom. The minimum atomic E-state index is -1.02. The van der Waals surface area contributed by atoms with Crippen LogP contribution in [0.25, 0.3) is 11.1 Å². The zero-order valence-corrected chi connectivity index (χ0v) is 13.9. The van der Waals surface area contributed by atoms with E-state index in [0.29, 0.717) is 12.1 Å². The Morgan fingerprint density at radius 3 is 2.27 bits per heavy atom. The average Bonchev–Trinajstić information content (AvgIpc) is 3.17. The van der Waals surface area contributed by atoms with Crippen molar-refractivity contribution in [2.24, 2.45) is 5.73 Å². The van der Waals surface area contributed by atoms with Crippen molar-refractivity contribution in [3.05, 3.63) is 78.3 Å². The van der Waals surface area contributed by atoms with Gasteiger partial charge < -0.3 is 20.6 Å². The van der Waals surface area contributed by atoms with Crippen LogP contribution in [0.5, 0.6) is 0 Å². The summed E-state index contributed by atoms with van der Waals surface area (Å²) in [6.07, 6.45) is 3.68. The van der Waals surface area contributed by atoms with Crippen LogP contribution < -0.4 is 11.1 Å². The summed E-state index contributed by atoms with van der Waals surface area (Å²) in [6, 6.07) is 14.9. The fraction of sp³-hybridized carbons (Fsp3) is 0.100. The van der Waals surface area contributed by atoms with Gasteiger partial charge in [-0.15, -0.1) is 0 Å². The minimum absolute atomic E-state index is 0.157. The molecule has 1 aromatic heterocycles. The number of carboxylic acids is 1. The van der Waals surface area contributed by atoms with Gasteiger partial charge in [-0.25, -0.2) is 4.79 Å². The summed E-state index contributed by atoms with van der Waals surface area (Å²) in [6.45, 7) is 0. The molecule has 1 amide bonds. The Bertz CT molecular complexity index is 885. The molecule has 0 bridgehead atoms. The summed E-state index contributed by atoms with van der Waals surface area (Å²) in [5.41, 5.74) is 9.61. The maximum atomic E-state index is 12.2. The van der Waals surface area contributed by atoms with Gasteiger partial charge in [-0.05, 0) is 47.9 Å². The SMILES string of the molecule is N[C@@H](Cc1ccc(-c2ccoc2)cc1)C(=O)Nc1ccc(C(=O)O)cc1. The molecule has 1 atom stereocenters. The van der Waals surface area contributed by atoms with Crippen molar-refractivity contribution >= 4 is 17.6 Å². The molecule has 6 nitrogen and oxygen atoms in total. The first-order valence-electron chi connectivity index (χ1n) is 8.04. The highest BCUT2D eigenvalue weighted by Crippen LogP contribution is 2.20. The van der Waals surface area contributed by atoms with Gasteiger partial charge in [-0.1, -0.05) is 24.3 Å². The van der Waals surface area contributed by atoms with Gasteiger partial charge in [0.2, 0.25) is 5.91 Å². The van der Waals surface area contributed by atoms with Crippen molar-refractivity contribution in [1.82, 2.24) is 0 Å². The van der Waals surface area contributed by atoms with Crippen LogP contribution in [0.15, 0.2) is 71.5 Å². The molecule has 0 aliphatic heterocycles. The largest absolute Gasteiger partial charge is 0.478 e. The van der Waals surface area contributed by atoms with Crippen LogP contribution in [0.4, 0.5) is 5.69 Å². The number of rotatable bonds is 6. The van der Waals surface area contributed by atoms with Crippen molar-refractivity contribution in [3.63, 3.8) is 0 Å². The fourth-order valence-electron chi connectivity index (χ4n) is 2.54. The van der Waals surface area contributed by atoms with Gasteiger partial charge in [0.1, 0.15) is 0 Å². The third-order valence-corrected chi connectivity index (χ3v) is 4.00. The minimum Gasteiger partial charge on any atom is -0.478 e. The molecule has 0 radical (unpaired) electrons. The Morgan fingerprint density at radius 1 is 1.00 bits per heavy atom. The second-order valence-corrected chi connectivity index (χ2v) is 5.89. The lowest BCUT2D eigenvalue weighted by Crippen LogP contribution is -2.37. The highest BCUT2D eigenvalue weighted by Gasteiger charge is 2.15. The standard InChI is InChI=1S/C20H18N2O4/c21-18(19(23)22-17-7-5-15(6-8-17)20(24)25)11-13-1-3-14(4-2-13)16-9-10-26-12-16/h1-10,12,18H,11,21H2,(H,22,23)(H,24,25)/t18-/m0/s1. The lowest BCUT2D eigenvalue weighted by atomic mass is 10.0. The first-order chi connectivity index (χ1) is 12.5. The highest BCUT2D eigenvalue weighted by atomic mass is 16.4. The monoisotopic (exact) mass is 350 g/mol. The van der Waals surface area contributed by atoms with E-state index in [2.05, 4.69) is 5.32 Å². The number of amides is 1. The number of carbonyl (C=O) groups excluding carboxylic acids is 1. The molecule has 0 saturated carbocycles. The van der Waals surface area contributed by atoms with E-state index in [1.807, 2.05) is 30.3 Å². The zero-order chi connectivity index (χ0) is 18.5. The van der Waals surface area contributed by atoms with Gasteiger partial charge in [-0.3, -0.25) is 4.79 Å². The molecule has 4 N–H and O–H groups in total. The maximum Gasteiger partial charge on any atom is 0.335 e. The van der Waals surface area contributed by atoms with Crippen LogP contribution in [0, 0.1) is 0 Å². The Kier molecular flexibility index (Phi) is 5.15. The topological polar surface area (TPSA) is 106 Å². The molecular weight excluding hydrogens is 332 g/mol. The molecule has 3 aromatic rings. The van der Waals surface area contributed by atoms with Crippen LogP contribution in [0.2, 0.25) is 0 Å². The Balaban J connectivity index is 1.59. The second kappa shape index (κ2) is 7.67. The lowest BCUT2D eigenvalue weighted by molar-refractivity contribution is -0.117. The third-order valence-electron chi connectivity index (χ3n) is 4.00. The van der Waals surface area contributed by atoms with E-state index in [1.54, 1.807) is 12.5 Å². The molecule has 132 valence electrons. The van der Waals surface area contributed by atoms with E-state index in [9.17, 15) is 9.59 Å². The number of aromatic carboxylic acids is 1. The Hall–Kier alpha value is -3.38. The van der Waals surface area contributed by atoms with Crippen LogP contribution >= 0.6 is 0 Å². The molecule has 6 heteroatoms. The van der Waals surface area contributed by atoms with E-state index in [-0.39, 0.29) is 11.5 Å². The molecule has 0 unspecified atom stereocenters. The smallest absolute Gasteiger partial charge is 0.335 e. The number of benzene rings is 2. The van der Waals surface area contributed by atoms with E-state index in [0.717, 1.165) is 16.7 Å². The van der Waals surface area contributed by atoms with Crippen LogP contribution in [-0.2, 0) is 11.2 Å². The number of anilines is 1. The van der Waals surface area contributed by atoms with E-state index in [4.69, 9.17) is 15.3 Å². The summed E-state index contributed by atoms with van der Waals surface area (Å²) in [5.74, 6) is -1.34. The molecule has 0 fully saturated rings. The normalized spacial score (nSPS) is 11.7. The number of nitrogens with two attached hydrogens (primary N) is 1. The average molecular weight is 350 g/mol. The van der Waals surface area contributed by atoms with Crippen molar-refractivity contribution in [2.45, 2.75) is 12.5 Å². The number of hydrogen-bond donors (Lipinski definition) is 3. The first-order valence-corrected chi connectivity index (χ1v) is 8.04. The molecule has 0 aliphatic rings. The van der Waals surface area contributed by atoms with Crippen LogP contribution in [0.3, 0.4) is 0 Å². The summed E-state index contributed by atoms with van der Waals surface area (Å²) in [5, 5.41) is 11.6. The fourth-order valence-corrected chi connectivity index (χ4v) is 2.54. The molecule has 0 aliphatic carbocycles. The van der Waals surface area contributed by atoms with Gasteiger partial charge in [-0.2, -0.15) is 0 Å². The number of carbonyl (C=O) groups is 2. The summed E-state index contributed by atoms with van der Waals surface area (Å²) in [4.78, 5) is 23.1. The van der Waals surface area contributed by atoms with Gasteiger partial charge >= 0.3 is 5.97 Å². The highest BCUT2D eigenvalue weighted by molar-refractivity contribution is 5.95. The Labute approximate surface area is 150 Å². The van der Waals surface area contributed by atoms with Gasteiger partial charge in [0, 0.05) is 11.3 Å². The van der Waals surface area contributed by atoms with Crippen LogP contribution in [-0.4, -0.2) is 23.0 Å². The van der Waals surface area contributed by atoms with E-state index < -0.39 is 12.0 Å². The summed E-state index contributed by atoms with van der Waals surface area (Å²) >= 11 is 0. The number of nitrogens with one attached hydrogen (secondary N) is 1. The predicted octanol–water partition coefficient (Wildman–Crippen LogP) is 3.15. The van der Waals surface area contributed by atoms with Crippen LogP contribution in [0.1, 0.15) is 15.9 Å². The van der Waals surface area contributed by atoms with E-state index in [1.165, 1.54) is 24.3 Å². The quantitative estimate of drug-likeness (QED) is 0.633. The summed E-state index contributed by atoms with van der Waals surface area (Å²) in [7, 11) is 0. The maximum absolute atomic E-state index is 12.2. The number of hydrogen-bond acceptors (Lipinski definition) is 4. The second-order valence-electron chi connectivity index (χ2n) is 5.89. The molecule has 0 saturated heterocycles. The zero-order valence-electron chi connectivity index (χ0n) is 13.9. The molecule has 3 rings (SSSR count). The number of carboxylic acid groups (broad SMARTS) is 1. The molecule has 2 aromatic carbocycles. The van der Waals surface area contributed by atoms with Crippen molar-refractivity contribution in [1.29, 1.82) is 0 Å². The molecule has 1 heterocycles. The summed E-state index contributed by atoms with van der Waals surface area (Å²) < 4.78 is 5.07. The van der Waals surface area contributed by atoms with Crippen molar-refractivity contribution in [2.75, 3.05) is 5.32 Å². The third kappa shape index (κ3) is 4.17. The van der Waals surface area contributed by atoms with Crippen molar-refractivity contribution < 1.29 is 19.1 Å². The van der Waals surface area contributed by atoms with Gasteiger partial charge in [0.25, 0.3) is 0 Å².